The van der Waals surface area contributed by atoms with E-state index < -0.39 is 24.0 Å². The van der Waals surface area contributed by atoms with Crippen molar-refractivity contribution in [2.75, 3.05) is 7.11 Å². The topological polar surface area (TPSA) is 33.0 Å². The number of halogens is 3. The van der Waals surface area contributed by atoms with Crippen molar-refractivity contribution in [3.63, 3.8) is 0 Å². The SMILES string of the molecule is COC(C#Cc1ccccc1)(C(C#N)=P(c1ccccc1)(c1ccccc1)c1ccccc1)C(F)(F)F. The van der Waals surface area contributed by atoms with Crippen LogP contribution in [0.5, 0.6) is 0 Å². The van der Waals surface area contributed by atoms with Crippen LogP contribution < -0.4 is 15.9 Å². The Kier molecular flexibility index (Phi) is 7.70. The largest absolute Gasteiger partial charge is 0.434 e. The number of ether oxygens (including phenoxy) is 1. The lowest BCUT2D eigenvalue weighted by Gasteiger charge is -2.37. The third-order valence-corrected chi connectivity index (χ3v) is 10.4. The highest BCUT2D eigenvalue weighted by Crippen LogP contribution is 2.51. The summed E-state index contributed by atoms with van der Waals surface area (Å²) in [6.45, 7) is -3.41. The molecule has 4 aromatic carbocycles. The Hall–Kier alpha value is -4.02. The molecular weight excluding hydrogens is 490 g/mol. The van der Waals surface area contributed by atoms with Crippen molar-refractivity contribution in [3.8, 4) is 17.9 Å². The van der Waals surface area contributed by atoms with Crippen LogP contribution in [0.3, 0.4) is 0 Å². The lowest BCUT2D eigenvalue weighted by Crippen LogP contribution is -2.54. The number of hydrogen-bond acceptors (Lipinski definition) is 2. The maximum atomic E-state index is 15.2. The molecule has 0 amide bonds. The molecule has 0 aliphatic rings. The minimum Gasteiger partial charge on any atom is -0.353 e. The van der Waals surface area contributed by atoms with E-state index in [-0.39, 0.29) is 0 Å². The number of nitriles is 1. The summed E-state index contributed by atoms with van der Waals surface area (Å²) < 4.78 is 51.0. The molecule has 0 aromatic heterocycles. The van der Waals surface area contributed by atoms with E-state index in [9.17, 15) is 5.26 Å². The summed E-state index contributed by atoms with van der Waals surface area (Å²) in [5.41, 5.74) is -2.78. The Labute approximate surface area is 215 Å². The summed E-state index contributed by atoms with van der Waals surface area (Å²) in [6, 6.07) is 37.0. The van der Waals surface area contributed by atoms with Crippen molar-refractivity contribution in [1.29, 1.82) is 5.26 Å². The molecule has 37 heavy (non-hydrogen) atoms. The Morgan fingerprint density at radius 1 is 0.676 bits per heavy atom. The molecular formula is C31H23F3NOP. The first-order chi connectivity index (χ1) is 17.9. The molecule has 184 valence electrons. The van der Waals surface area contributed by atoms with Gasteiger partial charge < -0.3 is 4.74 Å². The fourth-order valence-corrected chi connectivity index (χ4v) is 8.81. The van der Waals surface area contributed by atoms with Crippen molar-refractivity contribution in [1.82, 2.24) is 0 Å². The van der Waals surface area contributed by atoms with Crippen molar-refractivity contribution >= 4 is 28.1 Å². The molecule has 0 bridgehead atoms. The van der Waals surface area contributed by atoms with E-state index in [0.29, 0.717) is 21.5 Å². The van der Waals surface area contributed by atoms with Gasteiger partial charge in [-0.15, -0.1) is 0 Å². The molecule has 0 spiro atoms. The molecule has 2 nitrogen and oxygen atoms in total. The van der Waals surface area contributed by atoms with Gasteiger partial charge in [0, 0.05) is 12.7 Å². The molecule has 4 aromatic rings. The van der Waals surface area contributed by atoms with Crippen LogP contribution in [0.4, 0.5) is 13.2 Å². The van der Waals surface area contributed by atoms with Gasteiger partial charge in [0.2, 0.25) is 0 Å². The van der Waals surface area contributed by atoms with Crippen molar-refractivity contribution < 1.29 is 17.9 Å². The summed E-state index contributed by atoms with van der Waals surface area (Å²) in [5, 5.41) is 12.0. The molecule has 4 rings (SSSR count). The molecule has 6 heteroatoms. The van der Waals surface area contributed by atoms with E-state index in [1.165, 1.54) is 0 Å². The van der Waals surface area contributed by atoms with Crippen molar-refractivity contribution in [2.24, 2.45) is 0 Å². The van der Waals surface area contributed by atoms with Gasteiger partial charge in [-0.25, -0.2) is 0 Å². The third kappa shape index (κ3) is 4.73. The average Bonchev–Trinajstić information content (AvgIpc) is 2.94. The molecule has 1 unspecified atom stereocenters. The highest BCUT2D eigenvalue weighted by Gasteiger charge is 2.60. The average molecular weight is 513 g/mol. The van der Waals surface area contributed by atoms with Gasteiger partial charge in [0.15, 0.2) is 0 Å². The zero-order valence-electron chi connectivity index (χ0n) is 20.0. The summed E-state index contributed by atoms with van der Waals surface area (Å²) in [6.07, 6.45) is -5.02. The van der Waals surface area contributed by atoms with Crippen LogP contribution in [0.15, 0.2) is 121 Å². The summed E-state index contributed by atoms with van der Waals surface area (Å²) in [7, 11) is 0.958. The van der Waals surface area contributed by atoms with E-state index in [1.54, 1.807) is 121 Å². The fourth-order valence-electron chi connectivity index (χ4n) is 4.39. The number of nitrogens with zero attached hydrogens (tertiary/aromatic N) is 1. The van der Waals surface area contributed by atoms with Crippen LogP contribution >= 0.6 is 6.89 Å². The Bertz CT molecular complexity index is 1400. The van der Waals surface area contributed by atoms with E-state index in [2.05, 4.69) is 11.8 Å². The lowest BCUT2D eigenvalue weighted by molar-refractivity contribution is -0.216. The van der Waals surface area contributed by atoms with Gasteiger partial charge in [0.25, 0.3) is 5.60 Å². The Morgan fingerprint density at radius 2 is 1.05 bits per heavy atom. The molecule has 0 saturated carbocycles. The molecule has 0 radical (unpaired) electrons. The van der Waals surface area contributed by atoms with E-state index in [4.69, 9.17) is 4.74 Å². The second-order valence-electron chi connectivity index (χ2n) is 8.14. The number of benzene rings is 4. The number of hydrogen-bond donors (Lipinski definition) is 0. The molecule has 0 heterocycles. The second-order valence-corrected chi connectivity index (χ2v) is 11.5. The first kappa shape index (κ1) is 26.1. The predicted molar refractivity (Wildman–Crippen MR) is 145 cm³/mol. The summed E-state index contributed by atoms with van der Waals surface area (Å²) in [4.78, 5) is 0. The van der Waals surface area contributed by atoms with Gasteiger partial charge in [-0.3, -0.25) is 0 Å². The highest BCUT2D eigenvalue weighted by atomic mass is 31.2. The van der Waals surface area contributed by atoms with Crippen LogP contribution in [0.25, 0.3) is 0 Å². The number of methoxy groups -OCH3 is 1. The molecule has 0 saturated heterocycles. The Balaban J connectivity index is 2.30. The van der Waals surface area contributed by atoms with Crippen molar-refractivity contribution in [3.05, 3.63) is 127 Å². The van der Waals surface area contributed by atoms with Crippen LogP contribution in [-0.4, -0.2) is 24.2 Å². The minimum atomic E-state index is -5.02. The normalized spacial score (nSPS) is 12.9. The van der Waals surface area contributed by atoms with Gasteiger partial charge in [-0.05, 0) is 40.9 Å². The molecule has 0 fully saturated rings. The van der Waals surface area contributed by atoms with Gasteiger partial charge in [-0.1, -0.05) is 115 Å². The van der Waals surface area contributed by atoms with Gasteiger partial charge >= 0.3 is 6.18 Å². The monoisotopic (exact) mass is 513 g/mol. The second kappa shape index (κ2) is 10.9. The zero-order chi connectivity index (χ0) is 26.4. The fraction of sp³-hybridized carbons (Fsp3) is 0.0968. The van der Waals surface area contributed by atoms with E-state index >= 15 is 13.2 Å². The zero-order valence-corrected chi connectivity index (χ0v) is 20.9. The van der Waals surface area contributed by atoms with E-state index in [0.717, 1.165) is 7.11 Å². The lowest BCUT2D eigenvalue weighted by atomic mass is 9.99. The standard InChI is InChI=1S/C31H23F3NOP/c1-36-30(31(32,33)34,23-22-25-14-6-2-7-15-25)29(24-35)37(26-16-8-3-9-17-26,27-18-10-4-11-19-27)28-20-12-5-13-21-28/h2-21H,1H3. The van der Waals surface area contributed by atoms with Crippen LogP contribution in [-0.2, 0) is 4.74 Å². The summed E-state index contributed by atoms with van der Waals surface area (Å²) in [5.74, 6) is 5.01. The van der Waals surface area contributed by atoms with Gasteiger partial charge in [0.1, 0.15) is 6.07 Å². The molecule has 0 aliphatic heterocycles. The number of rotatable bonds is 5. The first-order valence-corrected chi connectivity index (χ1v) is 13.2. The molecule has 0 N–H and O–H groups in total. The predicted octanol–water partition coefficient (Wildman–Crippen LogP) is 5.68. The maximum Gasteiger partial charge on any atom is 0.434 e. The smallest absolute Gasteiger partial charge is 0.353 e. The van der Waals surface area contributed by atoms with Crippen LogP contribution in [0.1, 0.15) is 5.56 Å². The first-order valence-electron chi connectivity index (χ1n) is 11.4. The molecule has 1 atom stereocenters. The van der Waals surface area contributed by atoms with E-state index in [1.807, 2.05) is 6.07 Å². The van der Waals surface area contributed by atoms with Crippen molar-refractivity contribution in [2.45, 2.75) is 11.8 Å². The third-order valence-electron chi connectivity index (χ3n) is 6.07. The van der Waals surface area contributed by atoms with Gasteiger partial charge in [0.05, 0.1) is 5.29 Å². The number of alkyl halides is 3. The Morgan fingerprint density at radius 3 is 1.38 bits per heavy atom. The maximum absolute atomic E-state index is 15.2. The minimum absolute atomic E-state index is 0.383. The summed E-state index contributed by atoms with van der Waals surface area (Å²) >= 11 is 0. The van der Waals surface area contributed by atoms with Crippen LogP contribution in [0.2, 0.25) is 0 Å². The van der Waals surface area contributed by atoms with Gasteiger partial charge in [-0.2, -0.15) is 18.4 Å². The quantitative estimate of drug-likeness (QED) is 0.254. The highest BCUT2D eigenvalue weighted by molar-refractivity contribution is 7.95. The molecule has 0 aliphatic carbocycles. The van der Waals surface area contributed by atoms with Crippen LogP contribution in [0, 0.1) is 23.2 Å².